The summed E-state index contributed by atoms with van der Waals surface area (Å²) in [6, 6.07) is 5.97. The maximum Gasteiger partial charge on any atom is 0.161 e. The number of nitrogens with zero attached hydrogens (tertiary/aromatic N) is 1. The third kappa shape index (κ3) is 7.32. The largest absolute Gasteiger partial charge is 0.490 e. The Kier molecular flexibility index (Phi) is 8.82. The van der Waals surface area contributed by atoms with Gasteiger partial charge in [0.25, 0.3) is 0 Å². The number of nitrogens with one attached hydrogen (secondary N) is 1. The van der Waals surface area contributed by atoms with Crippen LogP contribution in [0.1, 0.15) is 18.9 Å². The summed E-state index contributed by atoms with van der Waals surface area (Å²) in [7, 11) is 4.11. The van der Waals surface area contributed by atoms with Gasteiger partial charge in [0.15, 0.2) is 11.5 Å². The molecule has 0 heterocycles. The van der Waals surface area contributed by atoms with E-state index in [1.807, 2.05) is 25.1 Å². The van der Waals surface area contributed by atoms with Gasteiger partial charge >= 0.3 is 0 Å². The lowest BCUT2D eigenvalue weighted by Crippen LogP contribution is -2.17. The van der Waals surface area contributed by atoms with Gasteiger partial charge in [-0.3, -0.25) is 0 Å². The van der Waals surface area contributed by atoms with Crippen LogP contribution >= 0.6 is 0 Å². The van der Waals surface area contributed by atoms with Gasteiger partial charge in [0.2, 0.25) is 0 Å². The van der Waals surface area contributed by atoms with Crippen LogP contribution in [0.2, 0.25) is 0 Å². The van der Waals surface area contributed by atoms with E-state index < -0.39 is 0 Å². The van der Waals surface area contributed by atoms with Gasteiger partial charge in [-0.1, -0.05) is 6.07 Å². The molecule has 0 amide bonds. The van der Waals surface area contributed by atoms with Gasteiger partial charge in [0.05, 0.1) is 19.8 Å². The molecular weight excluding hydrogens is 268 g/mol. The first-order chi connectivity index (χ1) is 10.2. The molecule has 0 fully saturated rings. The minimum atomic E-state index is 0.144. The van der Waals surface area contributed by atoms with E-state index in [1.54, 1.807) is 0 Å². The molecule has 0 aliphatic heterocycles. The Morgan fingerprint density at radius 1 is 1.19 bits per heavy atom. The van der Waals surface area contributed by atoms with Crippen LogP contribution in [0.4, 0.5) is 0 Å². The van der Waals surface area contributed by atoms with Crippen LogP contribution in [-0.2, 0) is 6.54 Å². The highest BCUT2D eigenvalue weighted by Crippen LogP contribution is 2.28. The second-order valence-electron chi connectivity index (χ2n) is 5.12. The van der Waals surface area contributed by atoms with E-state index >= 15 is 0 Å². The number of benzene rings is 1. The fourth-order valence-electron chi connectivity index (χ4n) is 1.92. The molecule has 0 saturated carbocycles. The van der Waals surface area contributed by atoms with E-state index in [0.717, 1.165) is 30.0 Å². The van der Waals surface area contributed by atoms with Crippen LogP contribution in [0, 0.1) is 0 Å². The molecule has 1 rings (SSSR count). The first-order valence-electron chi connectivity index (χ1n) is 7.52. The number of ether oxygens (including phenoxy) is 2. The third-order valence-electron chi connectivity index (χ3n) is 2.93. The number of hydrogen-bond acceptors (Lipinski definition) is 5. The molecule has 0 unspecified atom stereocenters. The Morgan fingerprint density at radius 3 is 2.67 bits per heavy atom. The third-order valence-corrected chi connectivity index (χ3v) is 2.93. The Bertz CT molecular complexity index is 397. The van der Waals surface area contributed by atoms with E-state index in [4.69, 9.17) is 14.6 Å². The van der Waals surface area contributed by atoms with Crippen molar-refractivity contribution in [3.05, 3.63) is 23.8 Å². The quantitative estimate of drug-likeness (QED) is 0.606. The van der Waals surface area contributed by atoms with Crippen molar-refractivity contribution in [1.29, 1.82) is 0 Å². The van der Waals surface area contributed by atoms with Gasteiger partial charge < -0.3 is 24.8 Å². The molecule has 2 N–H and O–H groups in total. The molecular formula is C16H28N2O3. The second kappa shape index (κ2) is 10.4. The van der Waals surface area contributed by atoms with E-state index in [-0.39, 0.29) is 6.61 Å². The molecule has 0 saturated heterocycles. The maximum atomic E-state index is 8.78. The molecule has 0 aliphatic carbocycles. The predicted molar refractivity (Wildman–Crippen MR) is 85.1 cm³/mol. The van der Waals surface area contributed by atoms with Gasteiger partial charge in [-0.25, -0.2) is 0 Å². The Labute approximate surface area is 127 Å². The van der Waals surface area contributed by atoms with Crippen molar-refractivity contribution in [2.75, 3.05) is 47.0 Å². The average Bonchev–Trinajstić information content (AvgIpc) is 2.46. The summed E-state index contributed by atoms with van der Waals surface area (Å²) in [6.07, 6.45) is 0.984. The lowest BCUT2D eigenvalue weighted by molar-refractivity contribution is 0.258. The van der Waals surface area contributed by atoms with Crippen molar-refractivity contribution in [3.63, 3.8) is 0 Å². The van der Waals surface area contributed by atoms with Crippen molar-refractivity contribution in [2.45, 2.75) is 19.9 Å². The van der Waals surface area contributed by atoms with Crippen molar-refractivity contribution >= 4 is 0 Å². The Morgan fingerprint density at radius 2 is 2.00 bits per heavy atom. The van der Waals surface area contributed by atoms with Crippen LogP contribution in [0.3, 0.4) is 0 Å². The van der Waals surface area contributed by atoms with Crippen molar-refractivity contribution in [3.8, 4) is 11.5 Å². The molecule has 0 bridgehead atoms. The molecule has 1 aromatic carbocycles. The van der Waals surface area contributed by atoms with Crippen LogP contribution in [0.5, 0.6) is 11.5 Å². The SMILES string of the molecule is CCOc1cc(CNCCO)ccc1OCCCN(C)C. The van der Waals surface area contributed by atoms with Crippen LogP contribution in [-0.4, -0.2) is 57.0 Å². The molecule has 5 heteroatoms. The summed E-state index contributed by atoms with van der Waals surface area (Å²) in [5.74, 6) is 1.58. The number of hydrogen-bond donors (Lipinski definition) is 2. The summed E-state index contributed by atoms with van der Waals surface area (Å²) < 4.78 is 11.5. The monoisotopic (exact) mass is 296 g/mol. The van der Waals surface area contributed by atoms with Gasteiger partial charge in [0, 0.05) is 19.6 Å². The summed E-state index contributed by atoms with van der Waals surface area (Å²) in [5, 5.41) is 11.9. The van der Waals surface area contributed by atoms with E-state index in [1.165, 1.54) is 0 Å². The maximum absolute atomic E-state index is 8.78. The van der Waals surface area contributed by atoms with Crippen LogP contribution < -0.4 is 14.8 Å². The summed E-state index contributed by atoms with van der Waals surface area (Å²) >= 11 is 0. The summed E-state index contributed by atoms with van der Waals surface area (Å²) in [5.41, 5.74) is 1.12. The minimum Gasteiger partial charge on any atom is -0.490 e. The molecule has 1 aromatic rings. The predicted octanol–water partition coefficient (Wildman–Crippen LogP) is 1.50. The number of rotatable bonds is 11. The summed E-state index contributed by atoms with van der Waals surface area (Å²) in [6.45, 7) is 5.71. The highest BCUT2D eigenvalue weighted by atomic mass is 16.5. The molecule has 120 valence electrons. The van der Waals surface area contributed by atoms with Crippen molar-refractivity contribution < 1.29 is 14.6 Å². The first kappa shape index (κ1) is 17.8. The highest BCUT2D eigenvalue weighted by molar-refractivity contribution is 5.43. The molecule has 5 nitrogen and oxygen atoms in total. The molecule has 0 radical (unpaired) electrons. The fourth-order valence-corrected chi connectivity index (χ4v) is 1.92. The lowest BCUT2D eigenvalue weighted by Gasteiger charge is -2.14. The Hall–Kier alpha value is -1.30. The zero-order chi connectivity index (χ0) is 15.5. The highest BCUT2D eigenvalue weighted by Gasteiger charge is 2.06. The topological polar surface area (TPSA) is 54.0 Å². The smallest absolute Gasteiger partial charge is 0.161 e. The standard InChI is InChI=1S/C16H28N2O3/c1-4-20-16-12-14(13-17-8-10-19)6-7-15(16)21-11-5-9-18(2)3/h6-7,12,17,19H,4-5,8-11,13H2,1-3H3. The second-order valence-corrected chi connectivity index (χ2v) is 5.12. The number of aliphatic hydroxyl groups excluding tert-OH is 1. The minimum absolute atomic E-state index is 0.144. The fraction of sp³-hybridized carbons (Fsp3) is 0.625. The van der Waals surface area contributed by atoms with E-state index in [9.17, 15) is 0 Å². The van der Waals surface area contributed by atoms with Gasteiger partial charge in [0.1, 0.15) is 0 Å². The average molecular weight is 296 g/mol. The van der Waals surface area contributed by atoms with E-state index in [2.05, 4.69) is 24.3 Å². The molecule has 0 aliphatic rings. The molecule has 0 spiro atoms. The zero-order valence-corrected chi connectivity index (χ0v) is 13.4. The zero-order valence-electron chi connectivity index (χ0n) is 13.4. The van der Waals surface area contributed by atoms with Gasteiger partial charge in [-0.15, -0.1) is 0 Å². The Balaban J connectivity index is 2.56. The van der Waals surface area contributed by atoms with Crippen molar-refractivity contribution in [2.24, 2.45) is 0 Å². The van der Waals surface area contributed by atoms with Crippen LogP contribution in [0.15, 0.2) is 18.2 Å². The first-order valence-corrected chi connectivity index (χ1v) is 7.52. The molecule has 21 heavy (non-hydrogen) atoms. The van der Waals surface area contributed by atoms with Gasteiger partial charge in [-0.05, 0) is 45.1 Å². The number of aliphatic hydroxyl groups is 1. The lowest BCUT2D eigenvalue weighted by atomic mass is 10.2. The van der Waals surface area contributed by atoms with Crippen LogP contribution in [0.25, 0.3) is 0 Å². The molecule has 0 aromatic heterocycles. The van der Waals surface area contributed by atoms with Gasteiger partial charge in [-0.2, -0.15) is 0 Å². The van der Waals surface area contributed by atoms with Crippen molar-refractivity contribution in [1.82, 2.24) is 10.2 Å². The normalized spacial score (nSPS) is 10.9. The molecule has 0 atom stereocenters. The summed E-state index contributed by atoms with van der Waals surface area (Å²) in [4.78, 5) is 2.14. The van der Waals surface area contributed by atoms with E-state index in [0.29, 0.717) is 26.3 Å².